The van der Waals surface area contributed by atoms with Gasteiger partial charge in [0.15, 0.2) is 6.54 Å². The number of fused-ring (bicyclic) bond motifs is 1. The number of benzene rings is 1. The van der Waals surface area contributed by atoms with Crippen LogP contribution in [0.5, 0.6) is 0 Å². The fourth-order valence-corrected chi connectivity index (χ4v) is 2.82. The average molecular weight is 236 g/mol. The number of aromatic nitrogens is 1. The summed E-state index contributed by atoms with van der Waals surface area (Å²) < 4.78 is 3.30. The summed E-state index contributed by atoms with van der Waals surface area (Å²) in [5.74, 6) is -0.751. The van der Waals surface area contributed by atoms with Crippen molar-refractivity contribution < 1.29 is 14.5 Å². The lowest BCUT2D eigenvalue weighted by Gasteiger charge is -1.95. The second kappa shape index (κ2) is 4.22. The van der Waals surface area contributed by atoms with Gasteiger partial charge in [-0.2, -0.15) is 4.57 Å². The minimum absolute atomic E-state index is 0.172. The molecule has 1 aromatic carbocycles. The standard InChI is InChI=1S/C12H13NO2S/c1-8-3-4-11-10(7-8)13(9(2)16-11)6-5-12(14)15/h3-4,7H,5-6H2,1-2H3/p+1. The Balaban J connectivity index is 2.45. The quantitative estimate of drug-likeness (QED) is 0.831. The number of carbonyl (C=O) groups is 1. The molecule has 0 radical (unpaired) electrons. The highest BCUT2D eigenvalue weighted by Crippen LogP contribution is 2.20. The van der Waals surface area contributed by atoms with Gasteiger partial charge >= 0.3 is 5.97 Å². The van der Waals surface area contributed by atoms with Crippen LogP contribution in [-0.2, 0) is 11.3 Å². The van der Waals surface area contributed by atoms with Crippen LogP contribution in [0.2, 0.25) is 0 Å². The fourth-order valence-electron chi connectivity index (χ4n) is 1.79. The van der Waals surface area contributed by atoms with Crippen LogP contribution in [0.15, 0.2) is 18.2 Å². The van der Waals surface area contributed by atoms with Crippen molar-refractivity contribution in [3.8, 4) is 0 Å². The maximum atomic E-state index is 10.6. The summed E-state index contributed by atoms with van der Waals surface area (Å²) in [6.45, 7) is 4.63. The van der Waals surface area contributed by atoms with Gasteiger partial charge in [-0.3, -0.25) is 4.79 Å². The van der Waals surface area contributed by atoms with E-state index in [1.54, 1.807) is 11.3 Å². The van der Waals surface area contributed by atoms with E-state index in [2.05, 4.69) is 22.8 Å². The Morgan fingerprint density at radius 1 is 1.44 bits per heavy atom. The molecule has 1 heterocycles. The molecule has 0 aliphatic rings. The Morgan fingerprint density at radius 3 is 2.88 bits per heavy atom. The Bertz CT molecular complexity index is 545. The lowest BCUT2D eigenvalue weighted by molar-refractivity contribution is -0.671. The molecule has 0 saturated carbocycles. The molecule has 0 aliphatic carbocycles. The van der Waals surface area contributed by atoms with E-state index in [1.165, 1.54) is 10.3 Å². The van der Waals surface area contributed by atoms with Gasteiger partial charge in [0, 0.05) is 13.0 Å². The van der Waals surface area contributed by atoms with Crippen LogP contribution in [0.25, 0.3) is 10.2 Å². The topological polar surface area (TPSA) is 41.2 Å². The first-order valence-corrected chi connectivity index (χ1v) is 6.01. The van der Waals surface area contributed by atoms with Gasteiger partial charge in [-0.1, -0.05) is 17.4 Å². The van der Waals surface area contributed by atoms with Crippen molar-refractivity contribution >= 4 is 27.5 Å². The van der Waals surface area contributed by atoms with E-state index in [0.29, 0.717) is 6.54 Å². The Hall–Kier alpha value is -1.42. The molecule has 0 atom stereocenters. The predicted molar refractivity (Wildman–Crippen MR) is 63.7 cm³/mol. The van der Waals surface area contributed by atoms with Crippen LogP contribution in [0.4, 0.5) is 0 Å². The van der Waals surface area contributed by atoms with E-state index in [9.17, 15) is 4.79 Å². The Labute approximate surface area is 98.0 Å². The summed E-state index contributed by atoms with van der Waals surface area (Å²) in [4.78, 5) is 10.6. The summed E-state index contributed by atoms with van der Waals surface area (Å²) in [5, 5.41) is 9.87. The second-order valence-corrected chi connectivity index (χ2v) is 5.12. The number of carboxylic acid groups (broad SMARTS) is 1. The van der Waals surface area contributed by atoms with Gasteiger partial charge in [0.1, 0.15) is 11.1 Å². The molecule has 84 valence electrons. The van der Waals surface area contributed by atoms with Crippen molar-refractivity contribution in [2.75, 3.05) is 0 Å². The maximum absolute atomic E-state index is 10.6. The smallest absolute Gasteiger partial charge is 0.309 e. The van der Waals surface area contributed by atoms with E-state index in [1.807, 2.05) is 13.8 Å². The SMILES string of the molecule is Cc1ccc2sc(C)[n+](CCC(=O)O)c2c1. The molecule has 0 fully saturated rings. The summed E-state index contributed by atoms with van der Waals surface area (Å²) >= 11 is 1.71. The molecule has 1 aromatic heterocycles. The average Bonchev–Trinajstić information content (AvgIpc) is 2.51. The van der Waals surface area contributed by atoms with Gasteiger partial charge in [0.05, 0.1) is 0 Å². The van der Waals surface area contributed by atoms with Crippen LogP contribution in [0.3, 0.4) is 0 Å². The van der Waals surface area contributed by atoms with Gasteiger partial charge in [0.25, 0.3) is 0 Å². The molecule has 0 amide bonds. The highest BCUT2D eigenvalue weighted by atomic mass is 32.1. The monoisotopic (exact) mass is 236 g/mol. The normalized spacial score (nSPS) is 10.9. The molecule has 0 saturated heterocycles. The molecular formula is C12H14NO2S+. The van der Waals surface area contributed by atoms with Crippen molar-refractivity contribution in [1.29, 1.82) is 0 Å². The minimum Gasteiger partial charge on any atom is -0.481 e. The second-order valence-electron chi connectivity index (χ2n) is 3.89. The summed E-state index contributed by atoms with van der Waals surface area (Å²) in [5.41, 5.74) is 2.35. The van der Waals surface area contributed by atoms with E-state index in [-0.39, 0.29) is 6.42 Å². The number of hydrogen-bond donors (Lipinski definition) is 1. The van der Waals surface area contributed by atoms with Crippen LogP contribution in [0, 0.1) is 13.8 Å². The fraction of sp³-hybridized carbons (Fsp3) is 0.333. The lowest BCUT2D eigenvalue weighted by atomic mass is 10.2. The van der Waals surface area contributed by atoms with Gasteiger partial charge < -0.3 is 5.11 Å². The molecule has 2 aromatic rings. The first kappa shape index (κ1) is 11.1. The third-order valence-corrected chi connectivity index (χ3v) is 3.67. The zero-order valence-electron chi connectivity index (χ0n) is 9.36. The van der Waals surface area contributed by atoms with Crippen molar-refractivity contribution in [3.63, 3.8) is 0 Å². The lowest BCUT2D eigenvalue weighted by Crippen LogP contribution is -2.36. The van der Waals surface area contributed by atoms with Crippen LogP contribution in [0.1, 0.15) is 17.0 Å². The molecule has 0 spiro atoms. The molecule has 2 rings (SSSR count). The van der Waals surface area contributed by atoms with Gasteiger partial charge in [-0.15, -0.1) is 0 Å². The van der Waals surface area contributed by atoms with Crippen molar-refractivity contribution in [3.05, 3.63) is 28.8 Å². The molecule has 4 heteroatoms. The highest BCUT2D eigenvalue weighted by molar-refractivity contribution is 7.18. The molecular weight excluding hydrogens is 222 g/mol. The number of nitrogens with zero attached hydrogens (tertiary/aromatic N) is 1. The maximum Gasteiger partial charge on any atom is 0.309 e. The molecule has 3 nitrogen and oxygen atoms in total. The minimum atomic E-state index is -0.751. The molecule has 0 unspecified atom stereocenters. The first-order valence-electron chi connectivity index (χ1n) is 5.19. The number of hydrogen-bond acceptors (Lipinski definition) is 2. The third-order valence-electron chi connectivity index (χ3n) is 2.59. The zero-order valence-corrected chi connectivity index (χ0v) is 10.2. The number of aliphatic carboxylic acids is 1. The number of rotatable bonds is 3. The molecule has 0 aliphatic heterocycles. The van der Waals surface area contributed by atoms with Crippen molar-refractivity contribution in [2.24, 2.45) is 0 Å². The van der Waals surface area contributed by atoms with E-state index in [4.69, 9.17) is 5.11 Å². The van der Waals surface area contributed by atoms with E-state index in [0.717, 1.165) is 10.5 Å². The van der Waals surface area contributed by atoms with Gasteiger partial charge in [0.2, 0.25) is 10.5 Å². The molecule has 0 bridgehead atoms. The first-order chi connectivity index (χ1) is 7.58. The number of aryl methyl sites for hydroxylation is 3. The summed E-state index contributed by atoms with van der Waals surface area (Å²) in [7, 11) is 0. The van der Waals surface area contributed by atoms with Gasteiger partial charge in [-0.05, 0) is 18.6 Å². The highest BCUT2D eigenvalue weighted by Gasteiger charge is 2.17. The van der Waals surface area contributed by atoms with Crippen LogP contribution >= 0.6 is 11.3 Å². The van der Waals surface area contributed by atoms with Gasteiger partial charge in [-0.25, -0.2) is 0 Å². The summed E-state index contributed by atoms with van der Waals surface area (Å²) in [6.07, 6.45) is 0.172. The third kappa shape index (κ3) is 2.07. The number of carboxylic acids is 1. The van der Waals surface area contributed by atoms with Crippen molar-refractivity contribution in [2.45, 2.75) is 26.8 Å². The predicted octanol–water partition coefficient (Wildman–Crippen LogP) is 2.28. The molecule has 16 heavy (non-hydrogen) atoms. The Kier molecular flexibility index (Phi) is 2.92. The summed E-state index contributed by atoms with van der Waals surface area (Å²) in [6, 6.07) is 6.29. The van der Waals surface area contributed by atoms with Crippen molar-refractivity contribution in [1.82, 2.24) is 0 Å². The largest absolute Gasteiger partial charge is 0.481 e. The Morgan fingerprint density at radius 2 is 2.19 bits per heavy atom. The van der Waals surface area contributed by atoms with E-state index >= 15 is 0 Å². The number of thiazole rings is 1. The molecule has 1 N–H and O–H groups in total. The van der Waals surface area contributed by atoms with Crippen LogP contribution in [-0.4, -0.2) is 11.1 Å². The van der Waals surface area contributed by atoms with E-state index < -0.39 is 5.97 Å². The zero-order chi connectivity index (χ0) is 11.7. The van der Waals surface area contributed by atoms with Crippen LogP contribution < -0.4 is 4.57 Å².